The highest BCUT2D eigenvalue weighted by molar-refractivity contribution is 5.89. The van der Waals surface area contributed by atoms with E-state index in [0.29, 0.717) is 0 Å². The zero-order chi connectivity index (χ0) is 15.6. The maximum atomic E-state index is 13.9. The van der Waals surface area contributed by atoms with Crippen LogP contribution in [-0.2, 0) is 6.18 Å². The third kappa shape index (κ3) is 3.10. The molecule has 0 atom stereocenters. The Morgan fingerprint density at radius 2 is 1.86 bits per heavy atom. The second-order valence-electron chi connectivity index (χ2n) is 3.99. The average Bonchev–Trinajstić information content (AvgIpc) is 2.40. The van der Waals surface area contributed by atoms with Gasteiger partial charge in [-0.2, -0.15) is 13.2 Å². The van der Waals surface area contributed by atoms with Gasteiger partial charge in [-0.1, -0.05) is 12.1 Å². The summed E-state index contributed by atoms with van der Waals surface area (Å²) in [4.78, 5) is 14.3. The molecule has 8 heteroatoms. The van der Waals surface area contributed by atoms with Crippen LogP contribution in [0.5, 0.6) is 0 Å². The molecule has 2 aromatic rings. The van der Waals surface area contributed by atoms with E-state index in [4.69, 9.17) is 5.11 Å². The predicted molar refractivity (Wildman–Crippen MR) is 65.9 cm³/mol. The lowest BCUT2D eigenvalue weighted by atomic mass is 10.1. The van der Waals surface area contributed by atoms with Crippen molar-refractivity contribution in [3.05, 3.63) is 53.5 Å². The summed E-state index contributed by atoms with van der Waals surface area (Å²) < 4.78 is 52.3. The summed E-state index contributed by atoms with van der Waals surface area (Å²) in [7, 11) is 0. The van der Waals surface area contributed by atoms with Crippen molar-refractivity contribution in [1.82, 2.24) is 4.98 Å². The predicted octanol–water partition coefficient (Wildman–Crippen LogP) is 3.68. The number of carboxylic acid groups (broad SMARTS) is 1. The molecule has 0 spiro atoms. The molecule has 4 nitrogen and oxygen atoms in total. The Kier molecular flexibility index (Phi) is 3.79. The normalized spacial score (nSPS) is 11.2. The van der Waals surface area contributed by atoms with Crippen LogP contribution in [0.2, 0.25) is 0 Å². The number of hydrogen-bond acceptors (Lipinski definition) is 3. The molecule has 0 aliphatic carbocycles. The molecular weight excluding hydrogens is 292 g/mol. The third-order valence-corrected chi connectivity index (χ3v) is 2.61. The minimum Gasteiger partial charge on any atom is -0.478 e. The Morgan fingerprint density at radius 3 is 2.48 bits per heavy atom. The number of anilines is 2. The fourth-order valence-corrected chi connectivity index (χ4v) is 1.66. The molecule has 2 N–H and O–H groups in total. The van der Waals surface area contributed by atoms with Crippen molar-refractivity contribution in [2.45, 2.75) is 6.18 Å². The van der Waals surface area contributed by atoms with E-state index in [1.807, 2.05) is 0 Å². The number of carboxylic acids is 1. The van der Waals surface area contributed by atoms with Gasteiger partial charge in [-0.3, -0.25) is 0 Å². The van der Waals surface area contributed by atoms with Crippen molar-refractivity contribution in [1.29, 1.82) is 0 Å². The summed E-state index contributed by atoms with van der Waals surface area (Å²) in [5, 5.41) is 10.9. The molecule has 0 unspecified atom stereocenters. The van der Waals surface area contributed by atoms with Gasteiger partial charge in [-0.25, -0.2) is 14.2 Å². The Hall–Kier alpha value is -2.64. The van der Waals surface area contributed by atoms with E-state index in [2.05, 4.69) is 10.3 Å². The summed E-state index contributed by atoms with van der Waals surface area (Å²) in [5.74, 6) is -3.37. The van der Waals surface area contributed by atoms with E-state index in [0.717, 1.165) is 24.4 Å². The fourth-order valence-electron chi connectivity index (χ4n) is 1.66. The van der Waals surface area contributed by atoms with Gasteiger partial charge in [0.25, 0.3) is 0 Å². The highest BCUT2D eigenvalue weighted by Crippen LogP contribution is 2.36. The molecule has 0 radical (unpaired) electrons. The number of rotatable bonds is 3. The molecule has 0 bridgehead atoms. The van der Waals surface area contributed by atoms with Crippen molar-refractivity contribution in [3.8, 4) is 0 Å². The lowest BCUT2D eigenvalue weighted by molar-refractivity contribution is -0.136. The second kappa shape index (κ2) is 5.39. The third-order valence-electron chi connectivity index (χ3n) is 2.61. The number of aromatic carboxylic acids is 1. The van der Waals surface area contributed by atoms with Gasteiger partial charge in [-0.05, 0) is 18.2 Å². The number of pyridine rings is 1. The summed E-state index contributed by atoms with van der Waals surface area (Å²) in [5.41, 5.74) is -2.11. The van der Waals surface area contributed by atoms with E-state index >= 15 is 0 Å². The van der Waals surface area contributed by atoms with E-state index in [9.17, 15) is 22.4 Å². The van der Waals surface area contributed by atoms with Crippen molar-refractivity contribution >= 4 is 17.5 Å². The number of alkyl halides is 3. The number of para-hydroxylation sites is 1. The molecule has 0 fully saturated rings. The average molecular weight is 300 g/mol. The maximum Gasteiger partial charge on any atom is 0.418 e. The molecule has 110 valence electrons. The van der Waals surface area contributed by atoms with Crippen LogP contribution in [0, 0.1) is 5.82 Å². The SMILES string of the molecule is O=C(O)c1ccnc(Nc2ccccc2C(F)(F)F)c1F. The van der Waals surface area contributed by atoms with Crippen molar-refractivity contribution in [2.24, 2.45) is 0 Å². The summed E-state index contributed by atoms with van der Waals surface area (Å²) in [6.45, 7) is 0. The quantitative estimate of drug-likeness (QED) is 0.849. The summed E-state index contributed by atoms with van der Waals surface area (Å²) in [6, 6.07) is 5.35. The highest BCUT2D eigenvalue weighted by Gasteiger charge is 2.33. The first-order chi connectivity index (χ1) is 9.80. The van der Waals surface area contributed by atoms with Crippen molar-refractivity contribution in [3.63, 3.8) is 0 Å². The smallest absolute Gasteiger partial charge is 0.418 e. The molecule has 0 saturated carbocycles. The minimum absolute atomic E-state index is 0.418. The van der Waals surface area contributed by atoms with Crippen LogP contribution in [0.25, 0.3) is 0 Å². The Morgan fingerprint density at radius 1 is 1.19 bits per heavy atom. The number of benzene rings is 1. The van der Waals surface area contributed by atoms with E-state index in [1.165, 1.54) is 12.1 Å². The maximum absolute atomic E-state index is 13.9. The monoisotopic (exact) mass is 300 g/mol. The molecule has 0 amide bonds. The molecular formula is C13H8F4N2O2. The van der Waals surface area contributed by atoms with Crippen LogP contribution in [0.3, 0.4) is 0 Å². The van der Waals surface area contributed by atoms with Crippen LogP contribution in [0.1, 0.15) is 15.9 Å². The summed E-state index contributed by atoms with van der Waals surface area (Å²) >= 11 is 0. The largest absolute Gasteiger partial charge is 0.478 e. The van der Waals surface area contributed by atoms with Crippen LogP contribution >= 0.6 is 0 Å². The van der Waals surface area contributed by atoms with Crippen LogP contribution < -0.4 is 5.32 Å². The standard InChI is InChI=1S/C13H8F4N2O2/c14-10-7(12(20)21)5-6-18-11(10)19-9-4-2-1-3-8(9)13(15,16)17/h1-6H,(H,18,19)(H,20,21). The van der Waals surface area contributed by atoms with Crippen LogP contribution in [0.4, 0.5) is 29.1 Å². The van der Waals surface area contributed by atoms with Crippen molar-refractivity contribution in [2.75, 3.05) is 5.32 Å². The Balaban J connectivity index is 2.45. The molecule has 1 heterocycles. The molecule has 2 rings (SSSR count). The number of nitrogens with zero attached hydrogens (tertiary/aromatic N) is 1. The van der Waals surface area contributed by atoms with E-state index in [-0.39, 0.29) is 0 Å². The molecule has 21 heavy (non-hydrogen) atoms. The molecule has 0 saturated heterocycles. The molecule has 0 aliphatic rings. The van der Waals surface area contributed by atoms with Gasteiger partial charge in [-0.15, -0.1) is 0 Å². The van der Waals surface area contributed by atoms with Crippen LogP contribution in [-0.4, -0.2) is 16.1 Å². The minimum atomic E-state index is -4.63. The van der Waals surface area contributed by atoms with Gasteiger partial charge in [0.15, 0.2) is 11.6 Å². The van der Waals surface area contributed by atoms with Crippen molar-refractivity contribution < 1.29 is 27.5 Å². The van der Waals surface area contributed by atoms with Gasteiger partial charge < -0.3 is 10.4 Å². The first kappa shape index (κ1) is 14.8. The number of aromatic nitrogens is 1. The number of hydrogen-bond donors (Lipinski definition) is 2. The fraction of sp³-hybridized carbons (Fsp3) is 0.0769. The van der Waals surface area contributed by atoms with Gasteiger partial charge in [0.05, 0.1) is 11.3 Å². The topological polar surface area (TPSA) is 62.2 Å². The first-order valence-electron chi connectivity index (χ1n) is 5.61. The van der Waals surface area contributed by atoms with Gasteiger partial charge in [0.1, 0.15) is 5.56 Å². The zero-order valence-corrected chi connectivity index (χ0v) is 10.3. The van der Waals surface area contributed by atoms with Gasteiger partial charge in [0, 0.05) is 6.20 Å². The lowest BCUT2D eigenvalue weighted by Crippen LogP contribution is -2.11. The van der Waals surface area contributed by atoms with Crippen LogP contribution in [0.15, 0.2) is 36.5 Å². The zero-order valence-electron chi connectivity index (χ0n) is 10.3. The molecule has 1 aromatic carbocycles. The van der Waals surface area contributed by atoms with E-state index in [1.54, 1.807) is 0 Å². The second-order valence-corrected chi connectivity index (χ2v) is 3.99. The number of carbonyl (C=O) groups is 1. The van der Waals surface area contributed by atoms with Gasteiger partial charge in [0.2, 0.25) is 0 Å². The Labute approximate surface area is 116 Å². The lowest BCUT2D eigenvalue weighted by Gasteiger charge is -2.14. The number of halogens is 4. The summed E-state index contributed by atoms with van der Waals surface area (Å²) in [6.07, 6.45) is -3.64. The molecule has 0 aliphatic heterocycles. The highest BCUT2D eigenvalue weighted by atomic mass is 19.4. The molecule has 1 aromatic heterocycles. The van der Waals surface area contributed by atoms with Gasteiger partial charge >= 0.3 is 12.1 Å². The number of nitrogens with one attached hydrogen (secondary N) is 1. The first-order valence-corrected chi connectivity index (χ1v) is 5.61. The van der Waals surface area contributed by atoms with E-state index < -0.39 is 40.6 Å². The Bertz CT molecular complexity index is 686.